The van der Waals surface area contributed by atoms with E-state index in [4.69, 9.17) is 0 Å². The highest BCUT2D eigenvalue weighted by molar-refractivity contribution is 5.48. The number of rotatable bonds is 1. The van der Waals surface area contributed by atoms with Gasteiger partial charge in [0, 0.05) is 18.4 Å². The van der Waals surface area contributed by atoms with E-state index in [1.165, 1.54) is 18.5 Å². The average Bonchev–Trinajstić information content (AvgIpc) is 2.44. The van der Waals surface area contributed by atoms with E-state index in [1.807, 2.05) is 24.4 Å². The number of hydrogen-bond acceptors (Lipinski definition) is 2. The van der Waals surface area contributed by atoms with Gasteiger partial charge in [0.25, 0.3) is 0 Å². The number of aromatic nitrogens is 1. The molecule has 80 valence electrons. The molecule has 0 unspecified atom stereocenters. The van der Waals surface area contributed by atoms with Crippen LogP contribution in [-0.4, -0.2) is 11.5 Å². The van der Waals surface area contributed by atoms with Gasteiger partial charge in [0.15, 0.2) is 0 Å². The summed E-state index contributed by atoms with van der Waals surface area (Å²) in [4.78, 5) is 4.31. The lowest BCUT2D eigenvalue weighted by atomic mass is 10.0. The molecule has 0 aliphatic carbocycles. The maximum absolute atomic E-state index is 4.31. The molecule has 1 aliphatic rings. The molecule has 1 aromatic rings. The molecule has 1 saturated heterocycles. The maximum Gasteiger partial charge on any atom is 0.0646 e. The highest BCUT2D eigenvalue weighted by Crippen LogP contribution is 2.19. The van der Waals surface area contributed by atoms with Gasteiger partial charge in [-0.05, 0) is 43.4 Å². The number of hydrogen-bond donors (Lipinski definition) is 1. The van der Waals surface area contributed by atoms with Crippen LogP contribution in [0.2, 0.25) is 0 Å². The lowest BCUT2D eigenvalue weighted by Crippen LogP contribution is -2.12. The minimum Gasteiger partial charge on any atom is -0.388 e. The molecule has 0 aromatic carbocycles. The zero-order valence-corrected chi connectivity index (χ0v) is 9.24. The van der Waals surface area contributed by atoms with E-state index in [2.05, 4.69) is 23.3 Å². The molecule has 15 heavy (non-hydrogen) atoms. The quantitative estimate of drug-likeness (QED) is 0.757. The molecule has 1 N–H and O–H groups in total. The Morgan fingerprint density at radius 3 is 3.20 bits per heavy atom. The molecule has 2 heterocycles. The molecular weight excluding hydrogens is 184 g/mol. The Balaban J connectivity index is 2.11. The van der Waals surface area contributed by atoms with Gasteiger partial charge in [0.2, 0.25) is 0 Å². The van der Waals surface area contributed by atoms with Crippen LogP contribution in [0.1, 0.15) is 31.9 Å². The van der Waals surface area contributed by atoms with Crippen LogP contribution in [0.5, 0.6) is 0 Å². The minimum absolute atomic E-state index is 0.787. The zero-order chi connectivity index (χ0) is 10.5. The minimum atomic E-state index is 0.787. The van der Waals surface area contributed by atoms with Crippen molar-refractivity contribution in [2.24, 2.45) is 5.92 Å². The van der Waals surface area contributed by atoms with Gasteiger partial charge in [-0.25, -0.2) is 0 Å². The SMILES string of the molecule is C[C@H]1CCCN/C(=C/c2ccccn2)C1. The Morgan fingerprint density at radius 1 is 1.47 bits per heavy atom. The van der Waals surface area contributed by atoms with Crippen LogP contribution in [0.3, 0.4) is 0 Å². The van der Waals surface area contributed by atoms with Crippen molar-refractivity contribution in [2.75, 3.05) is 6.54 Å². The van der Waals surface area contributed by atoms with E-state index < -0.39 is 0 Å². The van der Waals surface area contributed by atoms with Crippen molar-refractivity contribution >= 4 is 6.08 Å². The van der Waals surface area contributed by atoms with Crippen molar-refractivity contribution in [1.82, 2.24) is 10.3 Å². The van der Waals surface area contributed by atoms with Crippen LogP contribution in [0, 0.1) is 5.92 Å². The first-order chi connectivity index (χ1) is 7.34. The van der Waals surface area contributed by atoms with E-state index in [-0.39, 0.29) is 0 Å². The highest BCUT2D eigenvalue weighted by Gasteiger charge is 2.10. The van der Waals surface area contributed by atoms with E-state index in [9.17, 15) is 0 Å². The molecule has 1 aromatic heterocycles. The van der Waals surface area contributed by atoms with Crippen molar-refractivity contribution in [3.63, 3.8) is 0 Å². The fourth-order valence-electron chi connectivity index (χ4n) is 2.00. The van der Waals surface area contributed by atoms with Gasteiger partial charge >= 0.3 is 0 Å². The molecule has 0 spiro atoms. The van der Waals surface area contributed by atoms with Crippen LogP contribution in [0.4, 0.5) is 0 Å². The average molecular weight is 202 g/mol. The summed E-state index contributed by atoms with van der Waals surface area (Å²) < 4.78 is 0. The highest BCUT2D eigenvalue weighted by atomic mass is 14.9. The molecule has 1 aliphatic heterocycles. The van der Waals surface area contributed by atoms with Gasteiger partial charge in [-0.3, -0.25) is 4.98 Å². The van der Waals surface area contributed by atoms with Crippen LogP contribution < -0.4 is 5.32 Å². The van der Waals surface area contributed by atoms with Crippen LogP contribution >= 0.6 is 0 Å². The normalized spacial score (nSPS) is 24.6. The first-order valence-electron chi connectivity index (χ1n) is 5.70. The summed E-state index contributed by atoms with van der Waals surface area (Å²) >= 11 is 0. The van der Waals surface area contributed by atoms with E-state index in [0.29, 0.717) is 0 Å². The molecule has 1 fully saturated rings. The van der Waals surface area contributed by atoms with Crippen molar-refractivity contribution in [1.29, 1.82) is 0 Å². The van der Waals surface area contributed by atoms with Crippen molar-refractivity contribution < 1.29 is 0 Å². The van der Waals surface area contributed by atoms with Gasteiger partial charge < -0.3 is 5.32 Å². The third kappa shape index (κ3) is 3.08. The van der Waals surface area contributed by atoms with Crippen molar-refractivity contribution in [3.8, 4) is 0 Å². The number of allylic oxidation sites excluding steroid dienone is 1. The molecule has 2 heteroatoms. The molecule has 0 saturated carbocycles. The van der Waals surface area contributed by atoms with Gasteiger partial charge in [-0.1, -0.05) is 13.0 Å². The molecule has 2 nitrogen and oxygen atoms in total. The third-order valence-electron chi connectivity index (χ3n) is 2.80. The number of nitrogens with one attached hydrogen (secondary N) is 1. The van der Waals surface area contributed by atoms with Gasteiger partial charge in [-0.15, -0.1) is 0 Å². The van der Waals surface area contributed by atoms with E-state index in [1.54, 1.807) is 0 Å². The predicted molar refractivity (Wildman–Crippen MR) is 63.2 cm³/mol. The Labute approximate surface area is 91.4 Å². The van der Waals surface area contributed by atoms with Crippen molar-refractivity contribution in [3.05, 3.63) is 35.8 Å². The molecule has 2 rings (SSSR count). The van der Waals surface area contributed by atoms with Crippen LogP contribution in [0.25, 0.3) is 6.08 Å². The topological polar surface area (TPSA) is 24.9 Å². The summed E-state index contributed by atoms with van der Waals surface area (Å²) in [6, 6.07) is 6.02. The summed E-state index contributed by atoms with van der Waals surface area (Å²) in [5, 5.41) is 3.48. The number of pyridine rings is 1. The third-order valence-corrected chi connectivity index (χ3v) is 2.80. The predicted octanol–water partition coefficient (Wildman–Crippen LogP) is 2.83. The van der Waals surface area contributed by atoms with E-state index >= 15 is 0 Å². The molecule has 0 amide bonds. The lowest BCUT2D eigenvalue weighted by molar-refractivity contribution is 0.538. The largest absolute Gasteiger partial charge is 0.388 e. The summed E-state index contributed by atoms with van der Waals surface area (Å²) in [5.41, 5.74) is 2.38. The van der Waals surface area contributed by atoms with E-state index in [0.717, 1.165) is 24.6 Å². The Bertz CT molecular complexity index is 330. The second kappa shape index (κ2) is 4.96. The zero-order valence-electron chi connectivity index (χ0n) is 9.24. The van der Waals surface area contributed by atoms with Gasteiger partial charge in [0.05, 0.1) is 5.69 Å². The molecule has 0 bridgehead atoms. The fourth-order valence-corrected chi connectivity index (χ4v) is 2.00. The molecular formula is C13H18N2. The smallest absolute Gasteiger partial charge is 0.0646 e. The maximum atomic E-state index is 4.31. The molecule has 1 atom stereocenters. The standard InChI is InChI=1S/C13H18N2/c1-11-5-4-8-15-13(9-11)10-12-6-2-3-7-14-12/h2-3,6-7,10-11,15H,4-5,8-9H2,1H3/b13-10+/t11-/m0/s1. The van der Waals surface area contributed by atoms with Gasteiger partial charge in [0.1, 0.15) is 0 Å². The Morgan fingerprint density at radius 2 is 2.40 bits per heavy atom. The fraction of sp³-hybridized carbons (Fsp3) is 0.462. The first kappa shape index (κ1) is 10.2. The summed E-state index contributed by atoms with van der Waals surface area (Å²) in [5.74, 6) is 0.787. The molecule has 0 radical (unpaired) electrons. The van der Waals surface area contributed by atoms with Crippen LogP contribution in [0.15, 0.2) is 30.1 Å². The summed E-state index contributed by atoms with van der Waals surface area (Å²) in [6.45, 7) is 3.42. The lowest BCUT2D eigenvalue weighted by Gasteiger charge is -2.08. The Kier molecular flexibility index (Phi) is 3.38. The van der Waals surface area contributed by atoms with Crippen molar-refractivity contribution in [2.45, 2.75) is 26.2 Å². The second-order valence-electron chi connectivity index (χ2n) is 4.30. The summed E-state index contributed by atoms with van der Waals surface area (Å²) in [7, 11) is 0. The summed E-state index contributed by atoms with van der Waals surface area (Å²) in [6.07, 6.45) is 7.76. The van der Waals surface area contributed by atoms with Gasteiger partial charge in [-0.2, -0.15) is 0 Å². The first-order valence-corrected chi connectivity index (χ1v) is 5.70. The monoisotopic (exact) mass is 202 g/mol. The van der Waals surface area contributed by atoms with Crippen LogP contribution in [-0.2, 0) is 0 Å². The number of nitrogens with zero attached hydrogens (tertiary/aromatic N) is 1. The second-order valence-corrected chi connectivity index (χ2v) is 4.30. The Hall–Kier alpha value is -1.31.